The molecule has 2 aliphatic heterocycles. The molecule has 4 rings (SSSR count). The van der Waals surface area contributed by atoms with Crippen LogP contribution in [0.25, 0.3) is 10.8 Å². The average molecular weight is 478 g/mol. The number of piperidine rings is 2. The first-order chi connectivity index (χ1) is 15.2. The van der Waals surface area contributed by atoms with Crippen LogP contribution in [0.15, 0.2) is 41.3 Å². The van der Waals surface area contributed by atoms with Gasteiger partial charge in [-0.05, 0) is 60.7 Å². The number of halogens is 1. The number of hydrogen-bond acceptors (Lipinski definition) is 5. The molecule has 0 bridgehead atoms. The molecule has 1 amide bonds. The number of rotatable bonds is 5. The lowest BCUT2D eigenvalue weighted by Crippen LogP contribution is -2.52. The number of likely N-dealkylation sites (tertiary alicyclic amines) is 2. The van der Waals surface area contributed by atoms with Gasteiger partial charge in [-0.15, -0.1) is 0 Å². The summed E-state index contributed by atoms with van der Waals surface area (Å²) in [7, 11) is -3.85. The van der Waals surface area contributed by atoms with E-state index >= 15 is 0 Å². The number of carbonyl (C=O) groups is 1. The number of nitrogens with one attached hydrogen (secondary N) is 1. The second-order valence-electron chi connectivity index (χ2n) is 8.60. The maximum atomic E-state index is 12.8. The van der Waals surface area contributed by atoms with Crippen molar-refractivity contribution >= 4 is 44.0 Å². The molecule has 2 aliphatic rings. The molecule has 172 valence electrons. The SMILES string of the molecule is N=C1CCCCN1C1CCN(C(=O)[C@H](O)CS(=O)(=O)c2ccc3cc(Cl)ccc3c2)CC1. The van der Waals surface area contributed by atoms with Crippen LogP contribution in [0.3, 0.4) is 0 Å². The Hall–Kier alpha value is -2.16. The molecule has 0 aromatic heterocycles. The van der Waals surface area contributed by atoms with Crippen molar-refractivity contribution < 1.29 is 18.3 Å². The summed E-state index contributed by atoms with van der Waals surface area (Å²) in [6.45, 7) is 1.80. The molecule has 0 unspecified atom stereocenters. The highest BCUT2D eigenvalue weighted by molar-refractivity contribution is 7.91. The van der Waals surface area contributed by atoms with Gasteiger partial charge in [0.25, 0.3) is 5.91 Å². The van der Waals surface area contributed by atoms with E-state index in [9.17, 15) is 18.3 Å². The Morgan fingerprint density at radius 3 is 2.50 bits per heavy atom. The lowest BCUT2D eigenvalue weighted by Gasteiger charge is -2.41. The summed E-state index contributed by atoms with van der Waals surface area (Å²) in [5.74, 6) is -0.528. The lowest BCUT2D eigenvalue weighted by molar-refractivity contribution is -0.140. The number of hydrogen-bond donors (Lipinski definition) is 2. The molecule has 9 heteroatoms. The van der Waals surface area contributed by atoms with E-state index in [4.69, 9.17) is 17.0 Å². The van der Waals surface area contributed by atoms with Crippen LogP contribution >= 0.6 is 11.6 Å². The molecule has 0 saturated carbocycles. The van der Waals surface area contributed by atoms with Crippen LogP contribution < -0.4 is 0 Å². The Morgan fingerprint density at radius 1 is 1.09 bits per heavy atom. The first-order valence-electron chi connectivity index (χ1n) is 11.0. The zero-order valence-corrected chi connectivity index (χ0v) is 19.4. The molecule has 0 radical (unpaired) electrons. The Balaban J connectivity index is 1.38. The zero-order valence-electron chi connectivity index (χ0n) is 17.8. The maximum Gasteiger partial charge on any atom is 0.252 e. The summed E-state index contributed by atoms with van der Waals surface area (Å²) in [5, 5.41) is 20.7. The third kappa shape index (κ3) is 4.92. The van der Waals surface area contributed by atoms with Crippen molar-refractivity contribution in [1.29, 1.82) is 5.41 Å². The molecule has 2 heterocycles. The number of aliphatic hydroxyl groups excluding tert-OH is 1. The molecule has 32 heavy (non-hydrogen) atoms. The van der Waals surface area contributed by atoms with Crippen molar-refractivity contribution in [3.8, 4) is 0 Å². The standard InChI is InChI=1S/C23H28ClN3O4S/c24-18-6-4-17-14-20(7-5-16(17)13-18)32(30,31)15-21(28)23(29)26-11-8-19(9-12-26)27-10-2-1-3-22(27)25/h4-7,13-14,19,21,25,28H,1-3,8-12,15H2/t21-/m1/s1. The summed E-state index contributed by atoms with van der Waals surface area (Å²) < 4.78 is 25.7. The molecule has 0 spiro atoms. The molecule has 2 aromatic rings. The van der Waals surface area contributed by atoms with Crippen molar-refractivity contribution in [3.63, 3.8) is 0 Å². The molecule has 2 aromatic carbocycles. The van der Waals surface area contributed by atoms with Gasteiger partial charge in [0, 0.05) is 37.1 Å². The number of nitrogens with zero attached hydrogens (tertiary/aromatic N) is 2. The van der Waals surface area contributed by atoms with E-state index in [1.54, 1.807) is 29.2 Å². The zero-order chi connectivity index (χ0) is 22.9. The molecule has 7 nitrogen and oxygen atoms in total. The number of amidine groups is 1. The minimum atomic E-state index is -3.85. The van der Waals surface area contributed by atoms with E-state index in [2.05, 4.69) is 4.90 Å². The predicted octanol–water partition coefficient (Wildman–Crippen LogP) is 3.08. The van der Waals surface area contributed by atoms with E-state index in [1.807, 2.05) is 0 Å². The smallest absolute Gasteiger partial charge is 0.252 e. The van der Waals surface area contributed by atoms with Crippen molar-refractivity contribution in [2.45, 2.75) is 49.1 Å². The van der Waals surface area contributed by atoms with Gasteiger partial charge in [-0.25, -0.2) is 8.42 Å². The van der Waals surface area contributed by atoms with E-state index < -0.39 is 27.6 Å². The highest BCUT2D eigenvalue weighted by Crippen LogP contribution is 2.25. The first-order valence-corrected chi connectivity index (χ1v) is 13.0. The van der Waals surface area contributed by atoms with Gasteiger partial charge in [0.05, 0.1) is 16.5 Å². The van der Waals surface area contributed by atoms with Gasteiger partial charge in [0.15, 0.2) is 9.84 Å². The van der Waals surface area contributed by atoms with Gasteiger partial charge >= 0.3 is 0 Å². The van der Waals surface area contributed by atoms with Crippen molar-refractivity contribution in [2.24, 2.45) is 0 Å². The molecule has 2 fully saturated rings. The first kappa shape index (κ1) is 23.0. The molecular formula is C23H28ClN3O4S. The second kappa shape index (κ2) is 9.37. The van der Waals surface area contributed by atoms with Gasteiger partial charge in [-0.2, -0.15) is 0 Å². The fraction of sp³-hybridized carbons (Fsp3) is 0.478. The van der Waals surface area contributed by atoms with Gasteiger partial charge in [-0.1, -0.05) is 23.7 Å². The van der Waals surface area contributed by atoms with E-state index in [0.29, 0.717) is 23.9 Å². The monoisotopic (exact) mass is 477 g/mol. The Labute approximate surface area is 193 Å². The minimum absolute atomic E-state index is 0.0708. The Morgan fingerprint density at radius 2 is 1.78 bits per heavy atom. The fourth-order valence-corrected chi connectivity index (χ4v) is 6.14. The van der Waals surface area contributed by atoms with Gasteiger partial charge in [0.2, 0.25) is 0 Å². The van der Waals surface area contributed by atoms with Gasteiger partial charge in [0.1, 0.15) is 6.10 Å². The number of sulfone groups is 1. The summed E-state index contributed by atoms with van der Waals surface area (Å²) in [5.41, 5.74) is 0. The second-order valence-corrected chi connectivity index (χ2v) is 11.1. The molecule has 2 N–H and O–H groups in total. The third-order valence-corrected chi connectivity index (χ3v) is 8.38. The Kier molecular flexibility index (Phi) is 6.74. The summed E-state index contributed by atoms with van der Waals surface area (Å²) in [4.78, 5) is 16.5. The molecule has 1 atom stereocenters. The molecular weight excluding hydrogens is 450 g/mol. The van der Waals surface area contributed by atoms with E-state index in [1.165, 1.54) is 12.1 Å². The van der Waals surface area contributed by atoms with Crippen LogP contribution in [0.4, 0.5) is 0 Å². The van der Waals surface area contributed by atoms with Crippen LogP contribution in [0.1, 0.15) is 32.1 Å². The minimum Gasteiger partial charge on any atom is -0.382 e. The van der Waals surface area contributed by atoms with Crippen LogP contribution in [0.2, 0.25) is 5.02 Å². The lowest BCUT2D eigenvalue weighted by atomic mass is 9.99. The fourth-order valence-electron chi connectivity index (χ4n) is 4.63. The maximum absolute atomic E-state index is 12.8. The number of carbonyl (C=O) groups excluding carboxylic acids is 1. The van der Waals surface area contributed by atoms with E-state index in [-0.39, 0.29) is 10.9 Å². The topological polar surface area (TPSA) is 102 Å². The molecule has 2 saturated heterocycles. The van der Waals surface area contributed by atoms with Gasteiger partial charge in [-0.3, -0.25) is 10.2 Å². The summed E-state index contributed by atoms with van der Waals surface area (Å²) in [6.07, 6.45) is 2.78. The van der Waals surface area contributed by atoms with Crippen molar-refractivity contribution in [1.82, 2.24) is 9.80 Å². The summed E-state index contributed by atoms with van der Waals surface area (Å²) in [6, 6.07) is 10.1. The van der Waals surface area contributed by atoms with Gasteiger partial charge < -0.3 is 14.9 Å². The van der Waals surface area contributed by atoms with E-state index in [0.717, 1.165) is 49.4 Å². The molecule has 0 aliphatic carbocycles. The highest BCUT2D eigenvalue weighted by Gasteiger charge is 2.33. The van der Waals surface area contributed by atoms with Crippen LogP contribution in [0, 0.1) is 5.41 Å². The highest BCUT2D eigenvalue weighted by atomic mass is 35.5. The number of amides is 1. The third-order valence-electron chi connectivity index (χ3n) is 6.42. The average Bonchev–Trinajstić information content (AvgIpc) is 2.78. The predicted molar refractivity (Wildman–Crippen MR) is 125 cm³/mol. The quantitative estimate of drug-likeness (QED) is 0.689. The largest absolute Gasteiger partial charge is 0.382 e. The van der Waals surface area contributed by atoms with Crippen LogP contribution in [-0.2, 0) is 14.6 Å². The van der Waals surface area contributed by atoms with Crippen LogP contribution in [0.5, 0.6) is 0 Å². The number of fused-ring (bicyclic) bond motifs is 1. The normalized spacial score (nSPS) is 19.4. The number of aliphatic hydroxyl groups is 1. The summed E-state index contributed by atoms with van der Waals surface area (Å²) >= 11 is 5.98. The van der Waals surface area contributed by atoms with Crippen LogP contribution in [-0.4, -0.2) is 72.6 Å². The Bertz CT molecular complexity index is 1130. The van der Waals surface area contributed by atoms with Crippen molar-refractivity contribution in [3.05, 3.63) is 41.4 Å². The van der Waals surface area contributed by atoms with Crippen molar-refractivity contribution in [2.75, 3.05) is 25.4 Å². The number of benzene rings is 2.